The van der Waals surface area contributed by atoms with E-state index < -0.39 is 0 Å². The zero-order valence-corrected chi connectivity index (χ0v) is 15.4. The highest BCUT2D eigenvalue weighted by Crippen LogP contribution is 2.34. The Kier molecular flexibility index (Phi) is 4.66. The van der Waals surface area contributed by atoms with Gasteiger partial charge in [0, 0.05) is 18.2 Å². The van der Waals surface area contributed by atoms with Crippen molar-refractivity contribution in [2.45, 2.75) is 39.0 Å². The fourth-order valence-corrected chi connectivity index (χ4v) is 3.96. The number of hydrogen-bond acceptors (Lipinski definition) is 2. The summed E-state index contributed by atoms with van der Waals surface area (Å²) in [6, 6.07) is 28.1. The normalized spacial score (nSPS) is 17.0. The lowest BCUT2D eigenvalue weighted by molar-refractivity contribution is 0.206. The first kappa shape index (κ1) is 16.7. The minimum absolute atomic E-state index is 0.00873. The Morgan fingerprint density at radius 1 is 0.923 bits per heavy atom. The van der Waals surface area contributed by atoms with Crippen LogP contribution in [-0.2, 0) is 12.8 Å². The predicted octanol–water partition coefficient (Wildman–Crippen LogP) is 5.45. The first-order valence-corrected chi connectivity index (χ1v) is 9.37. The molecule has 2 atom stereocenters. The lowest BCUT2D eigenvalue weighted by atomic mass is 10.0. The molecule has 0 N–H and O–H groups in total. The summed E-state index contributed by atoms with van der Waals surface area (Å²) in [5.41, 5.74) is 5.24. The molecule has 4 rings (SSSR count). The Morgan fingerprint density at radius 3 is 2.46 bits per heavy atom. The molecule has 1 aliphatic heterocycles. The van der Waals surface area contributed by atoms with Crippen molar-refractivity contribution in [2.24, 2.45) is 0 Å². The van der Waals surface area contributed by atoms with Crippen LogP contribution < -0.4 is 9.64 Å². The lowest BCUT2D eigenvalue weighted by Crippen LogP contribution is -2.41. The molecule has 0 saturated carbocycles. The van der Waals surface area contributed by atoms with Crippen LogP contribution in [0.4, 0.5) is 5.69 Å². The van der Waals surface area contributed by atoms with Crippen LogP contribution >= 0.6 is 0 Å². The molecular formula is C24H25NO. The average Bonchev–Trinajstić information content (AvgIpc) is 3.00. The quantitative estimate of drug-likeness (QED) is 0.610. The minimum atomic E-state index is -0.00873. The van der Waals surface area contributed by atoms with Crippen LogP contribution in [0, 0.1) is 0 Å². The van der Waals surface area contributed by atoms with Crippen LogP contribution in [0.2, 0.25) is 0 Å². The van der Waals surface area contributed by atoms with E-state index in [2.05, 4.69) is 97.6 Å². The maximum absolute atomic E-state index is 6.45. The summed E-state index contributed by atoms with van der Waals surface area (Å²) in [5, 5.41) is 0. The predicted molar refractivity (Wildman–Crippen MR) is 108 cm³/mol. The molecule has 0 aromatic heterocycles. The molecule has 3 aromatic carbocycles. The van der Waals surface area contributed by atoms with Crippen LogP contribution in [0.3, 0.4) is 0 Å². The molecule has 2 unspecified atom stereocenters. The summed E-state index contributed by atoms with van der Waals surface area (Å²) >= 11 is 0. The molecule has 132 valence electrons. The highest BCUT2D eigenvalue weighted by molar-refractivity contribution is 5.59. The Labute approximate surface area is 156 Å². The zero-order chi connectivity index (χ0) is 17.9. The molecule has 0 aliphatic carbocycles. The number of rotatable bonds is 5. The van der Waals surface area contributed by atoms with E-state index in [1.54, 1.807) is 0 Å². The second-order valence-corrected chi connectivity index (χ2v) is 7.08. The van der Waals surface area contributed by atoms with Crippen LogP contribution in [0.25, 0.3) is 0 Å². The highest BCUT2D eigenvalue weighted by Gasteiger charge is 2.30. The van der Waals surface area contributed by atoms with Gasteiger partial charge in [0.1, 0.15) is 5.75 Å². The average molecular weight is 343 g/mol. The number of para-hydroxylation sites is 2. The minimum Gasteiger partial charge on any atom is -0.471 e. The van der Waals surface area contributed by atoms with E-state index in [0.29, 0.717) is 6.04 Å². The van der Waals surface area contributed by atoms with Gasteiger partial charge in [-0.2, -0.15) is 0 Å². The van der Waals surface area contributed by atoms with Gasteiger partial charge >= 0.3 is 0 Å². The number of hydrogen-bond donors (Lipinski definition) is 0. The van der Waals surface area contributed by atoms with Crippen LogP contribution in [0.1, 0.15) is 30.5 Å². The monoisotopic (exact) mass is 343 g/mol. The maximum atomic E-state index is 6.45. The smallest absolute Gasteiger partial charge is 0.169 e. The van der Waals surface area contributed by atoms with E-state index in [4.69, 9.17) is 4.74 Å². The number of ether oxygens (including phenoxy) is 1. The van der Waals surface area contributed by atoms with Crippen LogP contribution in [-0.4, -0.2) is 12.3 Å². The van der Waals surface area contributed by atoms with Crippen molar-refractivity contribution in [3.05, 3.63) is 95.6 Å². The van der Waals surface area contributed by atoms with Crippen molar-refractivity contribution in [1.82, 2.24) is 0 Å². The van der Waals surface area contributed by atoms with E-state index >= 15 is 0 Å². The van der Waals surface area contributed by atoms with Gasteiger partial charge in [-0.3, -0.25) is 0 Å². The number of nitrogens with zero attached hydrogens (tertiary/aromatic N) is 1. The van der Waals surface area contributed by atoms with Gasteiger partial charge in [0.25, 0.3) is 0 Å². The van der Waals surface area contributed by atoms with Gasteiger partial charge in [0.15, 0.2) is 6.23 Å². The molecule has 26 heavy (non-hydrogen) atoms. The summed E-state index contributed by atoms with van der Waals surface area (Å²) in [6.45, 7) is 4.42. The Morgan fingerprint density at radius 2 is 1.62 bits per heavy atom. The maximum Gasteiger partial charge on any atom is 0.169 e. The third-order valence-electron chi connectivity index (χ3n) is 5.16. The number of fused-ring (bicyclic) bond motifs is 1. The van der Waals surface area contributed by atoms with Gasteiger partial charge in [0.2, 0.25) is 0 Å². The number of anilines is 1. The first-order valence-electron chi connectivity index (χ1n) is 9.37. The summed E-state index contributed by atoms with van der Waals surface area (Å²) in [4.78, 5) is 2.40. The largest absolute Gasteiger partial charge is 0.471 e. The van der Waals surface area contributed by atoms with Crippen molar-refractivity contribution >= 4 is 5.69 Å². The van der Waals surface area contributed by atoms with Gasteiger partial charge in [-0.1, -0.05) is 66.7 Å². The van der Waals surface area contributed by atoms with E-state index in [1.807, 2.05) is 0 Å². The van der Waals surface area contributed by atoms with Crippen LogP contribution in [0.5, 0.6) is 5.75 Å². The molecule has 2 nitrogen and oxygen atoms in total. The van der Waals surface area contributed by atoms with E-state index in [-0.39, 0.29) is 6.23 Å². The summed E-state index contributed by atoms with van der Waals surface area (Å²) in [6.07, 6.45) is 1.95. The summed E-state index contributed by atoms with van der Waals surface area (Å²) in [7, 11) is 0. The van der Waals surface area contributed by atoms with E-state index in [9.17, 15) is 0 Å². The molecule has 0 saturated heterocycles. The molecule has 0 radical (unpaired) electrons. The standard InChI is InChI=1S/C24H25NO/c1-18-16-21-12-6-8-14-23(21)25(18)19(2)26-24-15-9-7-13-22(24)17-20-10-4-3-5-11-20/h3-15,18-19H,16-17H2,1-2H3. The topological polar surface area (TPSA) is 12.5 Å². The van der Waals surface area contributed by atoms with E-state index in [0.717, 1.165) is 18.6 Å². The summed E-state index contributed by atoms with van der Waals surface area (Å²) < 4.78 is 6.45. The Balaban J connectivity index is 1.56. The molecule has 1 heterocycles. The first-order chi connectivity index (χ1) is 12.7. The molecule has 0 fully saturated rings. The second kappa shape index (κ2) is 7.25. The third kappa shape index (κ3) is 3.32. The Hall–Kier alpha value is -2.74. The second-order valence-electron chi connectivity index (χ2n) is 7.08. The fraction of sp³-hybridized carbons (Fsp3) is 0.250. The molecule has 0 spiro atoms. The lowest BCUT2D eigenvalue weighted by Gasteiger charge is -2.32. The zero-order valence-electron chi connectivity index (χ0n) is 15.4. The van der Waals surface area contributed by atoms with E-state index in [1.165, 1.54) is 22.4 Å². The van der Waals surface area contributed by atoms with Gasteiger partial charge in [-0.15, -0.1) is 0 Å². The summed E-state index contributed by atoms with van der Waals surface area (Å²) in [5.74, 6) is 0.973. The third-order valence-corrected chi connectivity index (χ3v) is 5.16. The van der Waals surface area contributed by atoms with Crippen molar-refractivity contribution in [3.63, 3.8) is 0 Å². The highest BCUT2D eigenvalue weighted by atomic mass is 16.5. The molecule has 3 aromatic rings. The molecule has 0 amide bonds. The molecule has 0 bridgehead atoms. The van der Waals surface area contributed by atoms with Crippen LogP contribution in [0.15, 0.2) is 78.9 Å². The molecular weight excluding hydrogens is 318 g/mol. The fourth-order valence-electron chi connectivity index (χ4n) is 3.96. The van der Waals surface area contributed by atoms with Gasteiger partial charge in [-0.05, 0) is 49.1 Å². The molecule has 2 heteroatoms. The number of benzene rings is 3. The van der Waals surface area contributed by atoms with Crippen molar-refractivity contribution < 1.29 is 4.74 Å². The SMILES string of the molecule is CC1Cc2ccccc2N1C(C)Oc1ccccc1Cc1ccccc1. The Bertz CT molecular complexity index is 874. The van der Waals surface area contributed by atoms with Gasteiger partial charge < -0.3 is 9.64 Å². The van der Waals surface area contributed by atoms with Crippen molar-refractivity contribution in [2.75, 3.05) is 4.90 Å². The van der Waals surface area contributed by atoms with Crippen molar-refractivity contribution in [1.29, 1.82) is 0 Å². The van der Waals surface area contributed by atoms with Gasteiger partial charge in [0.05, 0.1) is 0 Å². The van der Waals surface area contributed by atoms with Gasteiger partial charge in [-0.25, -0.2) is 0 Å². The van der Waals surface area contributed by atoms with Crippen molar-refractivity contribution in [3.8, 4) is 5.75 Å². The molecule has 1 aliphatic rings.